The van der Waals surface area contributed by atoms with Gasteiger partial charge in [0.15, 0.2) is 0 Å². The van der Waals surface area contributed by atoms with Crippen LogP contribution in [0.3, 0.4) is 0 Å². The van der Waals surface area contributed by atoms with E-state index in [1.165, 1.54) is 0 Å². The lowest BCUT2D eigenvalue weighted by Gasteiger charge is -2.24. The first-order valence-corrected chi connectivity index (χ1v) is 9.27. The van der Waals surface area contributed by atoms with Crippen LogP contribution in [-0.4, -0.2) is 34.4 Å². The van der Waals surface area contributed by atoms with Crippen molar-refractivity contribution >= 4 is 10.0 Å². The van der Waals surface area contributed by atoms with Gasteiger partial charge in [-0.05, 0) is 18.9 Å². The fourth-order valence-electron chi connectivity index (χ4n) is 2.94. The summed E-state index contributed by atoms with van der Waals surface area (Å²) in [5, 5.41) is -0.267. The summed E-state index contributed by atoms with van der Waals surface area (Å²) in [5.41, 5.74) is 0.846. The molecule has 0 aliphatic heterocycles. The van der Waals surface area contributed by atoms with E-state index in [1.807, 2.05) is 24.3 Å². The lowest BCUT2D eigenvalue weighted by molar-refractivity contribution is 0.104. The minimum atomic E-state index is -3.29. The fourth-order valence-corrected chi connectivity index (χ4v) is 4.51. The third-order valence-corrected chi connectivity index (χ3v) is 6.15. The minimum Gasteiger partial charge on any atom is -0.496 e. The zero-order valence-corrected chi connectivity index (χ0v) is 14.1. The van der Waals surface area contributed by atoms with Gasteiger partial charge in [-0.3, -0.25) is 0 Å². The van der Waals surface area contributed by atoms with Crippen LogP contribution in [-0.2, 0) is 14.8 Å². The van der Waals surface area contributed by atoms with Gasteiger partial charge in [0, 0.05) is 19.2 Å². The SMILES string of the molecule is COc1ccccc1C(CNS(=O)(=O)C1CCCCC1)OC. The summed E-state index contributed by atoms with van der Waals surface area (Å²) in [6.07, 6.45) is 4.25. The molecule has 0 aromatic heterocycles. The van der Waals surface area contributed by atoms with Crippen molar-refractivity contribution in [3.63, 3.8) is 0 Å². The van der Waals surface area contributed by atoms with Crippen LogP contribution in [0.2, 0.25) is 0 Å². The van der Waals surface area contributed by atoms with E-state index in [2.05, 4.69) is 4.72 Å². The molecule has 1 aliphatic rings. The topological polar surface area (TPSA) is 64.6 Å². The second kappa shape index (κ2) is 7.94. The van der Waals surface area contributed by atoms with E-state index in [4.69, 9.17) is 9.47 Å². The zero-order chi connectivity index (χ0) is 16.0. The molecule has 2 rings (SSSR count). The Bertz CT molecular complexity index is 567. The van der Waals surface area contributed by atoms with E-state index in [9.17, 15) is 8.42 Å². The summed E-state index contributed by atoms with van der Waals surface area (Å²) in [4.78, 5) is 0. The van der Waals surface area contributed by atoms with E-state index >= 15 is 0 Å². The Morgan fingerprint density at radius 2 is 1.86 bits per heavy atom. The van der Waals surface area contributed by atoms with Gasteiger partial charge in [0.1, 0.15) is 5.75 Å². The molecule has 124 valence electrons. The van der Waals surface area contributed by atoms with Crippen molar-refractivity contribution in [2.45, 2.75) is 43.5 Å². The van der Waals surface area contributed by atoms with Gasteiger partial charge in [-0.25, -0.2) is 13.1 Å². The van der Waals surface area contributed by atoms with Gasteiger partial charge in [0.05, 0.1) is 18.5 Å². The second-order valence-corrected chi connectivity index (χ2v) is 7.67. The van der Waals surface area contributed by atoms with Crippen LogP contribution in [0.15, 0.2) is 24.3 Å². The standard InChI is InChI=1S/C16H25NO4S/c1-20-15-11-7-6-10-14(15)16(21-2)12-17-22(18,19)13-8-4-3-5-9-13/h6-7,10-11,13,16-17H,3-5,8-9,12H2,1-2H3. The number of benzene rings is 1. The van der Waals surface area contributed by atoms with Crippen LogP contribution in [0.5, 0.6) is 5.75 Å². The summed E-state index contributed by atoms with van der Waals surface area (Å²) in [7, 11) is -0.116. The van der Waals surface area contributed by atoms with E-state index < -0.39 is 10.0 Å². The van der Waals surface area contributed by atoms with Crippen LogP contribution in [0.25, 0.3) is 0 Å². The van der Waals surface area contributed by atoms with E-state index in [0.29, 0.717) is 5.75 Å². The number of sulfonamides is 1. The molecule has 6 heteroatoms. The summed E-state index contributed by atoms with van der Waals surface area (Å²) in [6, 6.07) is 7.50. The third kappa shape index (κ3) is 4.21. The molecule has 1 aliphatic carbocycles. The van der Waals surface area contributed by atoms with Gasteiger partial charge in [0.25, 0.3) is 0 Å². The van der Waals surface area contributed by atoms with Gasteiger partial charge < -0.3 is 9.47 Å². The Balaban J connectivity index is 2.04. The summed E-state index contributed by atoms with van der Waals surface area (Å²) in [6.45, 7) is 0.218. The van der Waals surface area contributed by atoms with Gasteiger partial charge in [0.2, 0.25) is 10.0 Å². The minimum absolute atomic E-state index is 0.218. The Labute approximate surface area is 133 Å². The normalized spacial score (nSPS) is 18.1. The molecular formula is C16H25NO4S. The molecule has 0 heterocycles. The quantitative estimate of drug-likeness (QED) is 0.836. The first-order chi connectivity index (χ1) is 10.6. The summed E-state index contributed by atoms with van der Waals surface area (Å²) >= 11 is 0. The van der Waals surface area contributed by atoms with Gasteiger partial charge in [-0.15, -0.1) is 0 Å². The molecular weight excluding hydrogens is 302 g/mol. The highest BCUT2D eigenvalue weighted by atomic mass is 32.2. The van der Waals surface area contributed by atoms with E-state index in [1.54, 1.807) is 14.2 Å². The molecule has 1 fully saturated rings. The smallest absolute Gasteiger partial charge is 0.214 e. The van der Waals surface area contributed by atoms with Crippen molar-refractivity contribution in [2.24, 2.45) is 0 Å². The number of hydrogen-bond acceptors (Lipinski definition) is 4. The number of para-hydroxylation sites is 1. The van der Waals surface area contributed by atoms with Crippen molar-refractivity contribution in [2.75, 3.05) is 20.8 Å². The van der Waals surface area contributed by atoms with E-state index in [-0.39, 0.29) is 17.9 Å². The molecule has 1 unspecified atom stereocenters. The van der Waals surface area contributed by atoms with Crippen LogP contribution in [0, 0.1) is 0 Å². The van der Waals surface area contributed by atoms with Crippen molar-refractivity contribution in [1.82, 2.24) is 4.72 Å². The number of hydrogen-bond donors (Lipinski definition) is 1. The molecule has 0 radical (unpaired) electrons. The predicted octanol–water partition coefficient (Wildman–Crippen LogP) is 2.63. The maximum atomic E-state index is 12.4. The monoisotopic (exact) mass is 327 g/mol. The maximum absolute atomic E-state index is 12.4. The number of nitrogens with one attached hydrogen (secondary N) is 1. The zero-order valence-electron chi connectivity index (χ0n) is 13.2. The van der Waals surface area contributed by atoms with Crippen LogP contribution in [0.1, 0.15) is 43.8 Å². The highest BCUT2D eigenvalue weighted by Crippen LogP contribution is 2.27. The highest BCUT2D eigenvalue weighted by molar-refractivity contribution is 7.90. The largest absolute Gasteiger partial charge is 0.496 e. The molecule has 0 saturated heterocycles. The molecule has 5 nitrogen and oxygen atoms in total. The Morgan fingerprint density at radius 1 is 1.18 bits per heavy atom. The Kier molecular flexibility index (Phi) is 6.23. The first kappa shape index (κ1) is 17.2. The van der Waals surface area contributed by atoms with Crippen LogP contribution >= 0.6 is 0 Å². The Morgan fingerprint density at radius 3 is 2.50 bits per heavy atom. The van der Waals surface area contributed by atoms with Crippen molar-refractivity contribution < 1.29 is 17.9 Å². The lowest BCUT2D eigenvalue weighted by Crippen LogP contribution is -2.38. The molecule has 1 aromatic carbocycles. The summed E-state index contributed by atoms with van der Waals surface area (Å²) < 4.78 is 38.3. The molecule has 1 saturated carbocycles. The predicted molar refractivity (Wildman–Crippen MR) is 86.5 cm³/mol. The fraction of sp³-hybridized carbons (Fsp3) is 0.625. The maximum Gasteiger partial charge on any atom is 0.214 e. The van der Waals surface area contributed by atoms with Gasteiger partial charge in [-0.1, -0.05) is 37.5 Å². The highest BCUT2D eigenvalue weighted by Gasteiger charge is 2.28. The molecule has 0 amide bonds. The van der Waals surface area contributed by atoms with Crippen molar-refractivity contribution in [3.05, 3.63) is 29.8 Å². The van der Waals surface area contributed by atoms with Gasteiger partial charge in [-0.2, -0.15) is 0 Å². The average Bonchev–Trinajstić information content (AvgIpc) is 2.56. The molecule has 22 heavy (non-hydrogen) atoms. The molecule has 0 spiro atoms. The number of methoxy groups -OCH3 is 2. The number of rotatable bonds is 7. The Hall–Kier alpha value is -1.11. The average molecular weight is 327 g/mol. The lowest BCUT2D eigenvalue weighted by atomic mass is 10.0. The van der Waals surface area contributed by atoms with Crippen molar-refractivity contribution in [1.29, 1.82) is 0 Å². The second-order valence-electron chi connectivity index (χ2n) is 5.62. The molecule has 1 atom stereocenters. The first-order valence-electron chi connectivity index (χ1n) is 7.72. The molecule has 0 bridgehead atoms. The third-order valence-electron chi connectivity index (χ3n) is 4.23. The van der Waals surface area contributed by atoms with Gasteiger partial charge >= 0.3 is 0 Å². The molecule has 1 N–H and O–H groups in total. The molecule has 1 aromatic rings. The van der Waals surface area contributed by atoms with Crippen LogP contribution < -0.4 is 9.46 Å². The van der Waals surface area contributed by atoms with Crippen molar-refractivity contribution in [3.8, 4) is 5.75 Å². The number of ether oxygens (including phenoxy) is 2. The summed E-state index contributed by atoms with van der Waals surface area (Å²) in [5.74, 6) is 0.700. The van der Waals surface area contributed by atoms with Crippen LogP contribution in [0.4, 0.5) is 0 Å². The van der Waals surface area contributed by atoms with E-state index in [0.717, 1.165) is 37.7 Å².